The summed E-state index contributed by atoms with van der Waals surface area (Å²) in [5.41, 5.74) is 3.06. The van der Waals surface area contributed by atoms with Crippen molar-refractivity contribution < 1.29 is 9.21 Å². The molecule has 0 spiro atoms. The van der Waals surface area contributed by atoms with Crippen molar-refractivity contribution in [2.45, 2.75) is 19.8 Å². The fraction of sp³-hybridized carbons (Fsp3) is 0.167. The second-order valence-corrected chi connectivity index (χ2v) is 5.32. The van der Waals surface area contributed by atoms with Crippen molar-refractivity contribution in [2.75, 3.05) is 5.32 Å². The van der Waals surface area contributed by atoms with Crippen molar-refractivity contribution in [2.24, 2.45) is 0 Å². The molecule has 0 bridgehead atoms. The molecular weight excluding hydrogens is 290 g/mol. The topological polar surface area (TPSA) is 68.0 Å². The molecule has 1 amide bonds. The van der Waals surface area contributed by atoms with E-state index in [2.05, 4.69) is 15.5 Å². The van der Waals surface area contributed by atoms with Crippen LogP contribution in [0.1, 0.15) is 17.5 Å². The number of amides is 1. The Morgan fingerprint density at radius 2 is 1.91 bits per heavy atom. The van der Waals surface area contributed by atoms with Gasteiger partial charge < -0.3 is 4.42 Å². The number of carbonyl (C=O) groups is 1. The lowest BCUT2D eigenvalue weighted by Crippen LogP contribution is -2.12. The van der Waals surface area contributed by atoms with E-state index in [0.29, 0.717) is 18.7 Å². The van der Waals surface area contributed by atoms with Gasteiger partial charge >= 0.3 is 6.01 Å². The van der Waals surface area contributed by atoms with Crippen LogP contribution in [0.4, 0.5) is 6.01 Å². The first-order valence-electron chi connectivity index (χ1n) is 7.45. The van der Waals surface area contributed by atoms with Crippen LogP contribution in [0.2, 0.25) is 0 Å². The van der Waals surface area contributed by atoms with Gasteiger partial charge in [-0.2, -0.15) is 0 Å². The van der Waals surface area contributed by atoms with E-state index in [1.54, 1.807) is 0 Å². The number of nitrogens with zero attached hydrogens (tertiary/aromatic N) is 2. The van der Waals surface area contributed by atoms with Crippen molar-refractivity contribution in [3.63, 3.8) is 0 Å². The van der Waals surface area contributed by atoms with Crippen molar-refractivity contribution in [1.29, 1.82) is 0 Å². The van der Waals surface area contributed by atoms with E-state index < -0.39 is 0 Å². The highest BCUT2D eigenvalue weighted by Crippen LogP contribution is 2.20. The molecule has 0 aliphatic heterocycles. The Labute approximate surface area is 134 Å². The SMILES string of the molecule is Cc1cccc(-c2nnc(NC(=O)CCc3ccccc3)o2)c1. The summed E-state index contributed by atoms with van der Waals surface area (Å²) in [6, 6.07) is 17.7. The number of aromatic nitrogens is 2. The molecule has 3 rings (SSSR count). The van der Waals surface area contributed by atoms with Gasteiger partial charge in [0.1, 0.15) is 0 Å². The van der Waals surface area contributed by atoms with Crippen LogP contribution in [0.5, 0.6) is 0 Å². The highest BCUT2D eigenvalue weighted by Gasteiger charge is 2.11. The molecule has 0 saturated heterocycles. The highest BCUT2D eigenvalue weighted by atomic mass is 16.4. The Balaban J connectivity index is 1.59. The smallest absolute Gasteiger partial charge is 0.322 e. The normalized spacial score (nSPS) is 10.5. The van der Waals surface area contributed by atoms with Gasteiger partial charge in [-0.15, -0.1) is 5.10 Å². The van der Waals surface area contributed by atoms with Crippen LogP contribution in [0.15, 0.2) is 59.0 Å². The van der Waals surface area contributed by atoms with Crippen molar-refractivity contribution in [1.82, 2.24) is 10.2 Å². The minimum atomic E-state index is -0.145. The summed E-state index contributed by atoms with van der Waals surface area (Å²) < 4.78 is 5.49. The number of nitrogens with one attached hydrogen (secondary N) is 1. The molecule has 23 heavy (non-hydrogen) atoms. The Kier molecular flexibility index (Phi) is 4.47. The van der Waals surface area contributed by atoms with Gasteiger partial charge in [-0.3, -0.25) is 10.1 Å². The fourth-order valence-electron chi connectivity index (χ4n) is 2.25. The van der Waals surface area contributed by atoms with Crippen molar-refractivity contribution >= 4 is 11.9 Å². The molecule has 1 heterocycles. The van der Waals surface area contributed by atoms with Gasteiger partial charge in [0.2, 0.25) is 11.8 Å². The first kappa shape index (κ1) is 15.0. The van der Waals surface area contributed by atoms with Crippen LogP contribution in [-0.2, 0) is 11.2 Å². The fourth-order valence-corrected chi connectivity index (χ4v) is 2.25. The van der Waals surface area contributed by atoms with E-state index in [0.717, 1.165) is 16.7 Å². The van der Waals surface area contributed by atoms with Gasteiger partial charge in [-0.05, 0) is 31.0 Å². The third-order valence-electron chi connectivity index (χ3n) is 3.42. The van der Waals surface area contributed by atoms with E-state index in [1.165, 1.54) is 0 Å². The molecule has 0 fully saturated rings. The summed E-state index contributed by atoms with van der Waals surface area (Å²) >= 11 is 0. The summed E-state index contributed by atoms with van der Waals surface area (Å²) in [7, 11) is 0. The number of hydrogen-bond donors (Lipinski definition) is 1. The maximum Gasteiger partial charge on any atom is 0.322 e. The number of anilines is 1. The van der Waals surface area contributed by atoms with Crippen LogP contribution in [0.3, 0.4) is 0 Å². The molecule has 0 saturated carbocycles. The predicted octanol–water partition coefficient (Wildman–Crippen LogP) is 3.62. The average Bonchev–Trinajstić information content (AvgIpc) is 3.02. The maximum absolute atomic E-state index is 11.9. The molecule has 5 nitrogen and oxygen atoms in total. The zero-order valence-electron chi connectivity index (χ0n) is 12.8. The summed E-state index contributed by atoms with van der Waals surface area (Å²) in [6.45, 7) is 1.99. The summed E-state index contributed by atoms with van der Waals surface area (Å²) in [6.07, 6.45) is 1.04. The van der Waals surface area contributed by atoms with E-state index in [4.69, 9.17) is 4.42 Å². The minimum Gasteiger partial charge on any atom is -0.403 e. The van der Waals surface area contributed by atoms with Gasteiger partial charge in [0.05, 0.1) is 0 Å². The quantitative estimate of drug-likeness (QED) is 0.781. The molecule has 116 valence electrons. The third kappa shape index (κ3) is 4.03. The summed E-state index contributed by atoms with van der Waals surface area (Å²) in [4.78, 5) is 11.9. The van der Waals surface area contributed by atoms with Crippen LogP contribution >= 0.6 is 0 Å². The number of aryl methyl sites for hydroxylation is 2. The molecule has 5 heteroatoms. The summed E-state index contributed by atoms with van der Waals surface area (Å²) in [5, 5.41) is 10.5. The van der Waals surface area contributed by atoms with Gasteiger partial charge in [0.25, 0.3) is 0 Å². The lowest BCUT2D eigenvalue weighted by molar-refractivity contribution is -0.116. The van der Waals surface area contributed by atoms with Crippen molar-refractivity contribution in [3.05, 3.63) is 65.7 Å². The van der Waals surface area contributed by atoms with Gasteiger partial charge in [0, 0.05) is 12.0 Å². The standard InChI is InChI=1S/C18H17N3O2/c1-13-6-5-9-15(12-13)17-20-21-18(23-17)19-16(22)11-10-14-7-3-2-4-8-14/h2-9,12H,10-11H2,1H3,(H,19,21,22). The maximum atomic E-state index is 11.9. The van der Waals surface area contributed by atoms with Crippen molar-refractivity contribution in [3.8, 4) is 11.5 Å². The Morgan fingerprint density at radius 3 is 2.70 bits per heavy atom. The zero-order valence-corrected chi connectivity index (χ0v) is 12.8. The van der Waals surface area contributed by atoms with Crippen LogP contribution in [0, 0.1) is 6.92 Å². The zero-order chi connectivity index (χ0) is 16.1. The first-order chi connectivity index (χ1) is 11.2. The largest absolute Gasteiger partial charge is 0.403 e. The molecule has 1 N–H and O–H groups in total. The second kappa shape index (κ2) is 6.87. The molecule has 2 aromatic carbocycles. The molecule has 0 aliphatic rings. The second-order valence-electron chi connectivity index (χ2n) is 5.32. The Morgan fingerprint density at radius 1 is 1.09 bits per heavy atom. The molecular formula is C18H17N3O2. The molecule has 0 radical (unpaired) electrons. The predicted molar refractivity (Wildman–Crippen MR) is 87.9 cm³/mol. The van der Waals surface area contributed by atoms with Crippen LogP contribution in [0.25, 0.3) is 11.5 Å². The number of hydrogen-bond acceptors (Lipinski definition) is 4. The van der Waals surface area contributed by atoms with Gasteiger partial charge in [-0.25, -0.2) is 0 Å². The van der Waals surface area contributed by atoms with E-state index >= 15 is 0 Å². The van der Waals surface area contributed by atoms with E-state index in [-0.39, 0.29) is 11.9 Å². The lowest BCUT2D eigenvalue weighted by Gasteiger charge is -2.01. The van der Waals surface area contributed by atoms with Gasteiger partial charge in [0.15, 0.2) is 0 Å². The van der Waals surface area contributed by atoms with Crippen LogP contribution < -0.4 is 5.32 Å². The molecule has 3 aromatic rings. The first-order valence-corrected chi connectivity index (χ1v) is 7.45. The molecule has 0 atom stereocenters. The number of carbonyl (C=O) groups excluding carboxylic acids is 1. The average molecular weight is 307 g/mol. The molecule has 0 unspecified atom stereocenters. The number of rotatable bonds is 5. The Bertz CT molecular complexity index is 797. The number of benzene rings is 2. The van der Waals surface area contributed by atoms with Gasteiger partial charge in [-0.1, -0.05) is 53.1 Å². The highest BCUT2D eigenvalue weighted by molar-refractivity contribution is 5.88. The lowest BCUT2D eigenvalue weighted by atomic mass is 10.1. The minimum absolute atomic E-state index is 0.125. The van der Waals surface area contributed by atoms with Crippen LogP contribution in [-0.4, -0.2) is 16.1 Å². The molecule has 0 aliphatic carbocycles. The monoisotopic (exact) mass is 307 g/mol. The third-order valence-corrected chi connectivity index (χ3v) is 3.42. The Hall–Kier alpha value is -2.95. The molecule has 1 aromatic heterocycles. The van der Waals surface area contributed by atoms with E-state index in [9.17, 15) is 4.79 Å². The van der Waals surface area contributed by atoms with E-state index in [1.807, 2.05) is 61.5 Å². The summed E-state index contributed by atoms with van der Waals surface area (Å²) in [5.74, 6) is 0.250.